The molecule has 1 aromatic carbocycles. The van der Waals surface area contributed by atoms with Crippen molar-refractivity contribution >= 4 is 9.84 Å². The molecule has 1 aliphatic rings. The lowest BCUT2D eigenvalue weighted by Crippen LogP contribution is -2.39. The van der Waals surface area contributed by atoms with Crippen LogP contribution in [0.2, 0.25) is 0 Å². The van der Waals surface area contributed by atoms with Crippen LogP contribution in [0, 0.1) is 0 Å². The lowest BCUT2D eigenvalue weighted by molar-refractivity contribution is 0.0292. The molecule has 0 aliphatic carbocycles. The second-order valence-corrected chi connectivity index (χ2v) is 6.33. The molecule has 1 saturated heterocycles. The van der Waals surface area contributed by atoms with E-state index in [1.807, 2.05) is 12.1 Å². The van der Waals surface area contributed by atoms with E-state index in [9.17, 15) is 8.42 Å². The molecule has 0 aromatic heterocycles. The zero-order chi connectivity index (χ0) is 12.3. The van der Waals surface area contributed by atoms with Gasteiger partial charge in [-0.15, -0.1) is 0 Å². The predicted octanol–water partition coefficient (Wildman–Crippen LogP) is 0.621. The standard InChI is InChI=1S/C12H17NO3S/c1-17(14,15)12-4-2-10(3-5-12)8-11-9-13-6-7-16-11/h2-5,11,13H,6-9H2,1H3. The van der Waals surface area contributed by atoms with Crippen molar-refractivity contribution in [3.63, 3.8) is 0 Å². The van der Waals surface area contributed by atoms with Crippen molar-refractivity contribution in [2.24, 2.45) is 0 Å². The summed E-state index contributed by atoms with van der Waals surface area (Å²) in [5.74, 6) is 0. The molecule has 17 heavy (non-hydrogen) atoms. The summed E-state index contributed by atoms with van der Waals surface area (Å²) in [6, 6.07) is 7.02. The van der Waals surface area contributed by atoms with Gasteiger partial charge in [-0.05, 0) is 24.1 Å². The zero-order valence-corrected chi connectivity index (χ0v) is 10.7. The van der Waals surface area contributed by atoms with E-state index in [1.54, 1.807) is 12.1 Å². The second-order valence-electron chi connectivity index (χ2n) is 4.32. The SMILES string of the molecule is CS(=O)(=O)c1ccc(CC2CNCCO2)cc1. The third-order valence-corrected chi connectivity index (χ3v) is 3.95. The fourth-order valence-corrected chi connectivity index (χ4v) is 2.52. The highest BCUT2D eigenvalue weighted by atomic mass is 32.2. The van der Waals surface area contributed by atoms with Crippen molar-refractivity contribution in [3.8, 4) is 0 Å². The minimum Gasteiger partial charge on any atom is -0.375 e. The molecule has 0 amide bonds. The number of ether oxygens (including phenoxy) is 1. The van der Waals surface area contributed by atoms with E-state index >= 15 is 0 Å². The van der Waals surface area contributed by atoms with Gasteiger partial charge >= 0.3 is 0 Å². The van der Waals surface area contributed by atoms with E-state index < -0.39 is 9.84 Å². The molecule has 5 heteroatoms. The predicted molar refractivity (Wildman–Crippen MR) is 65.9 cm³/mol. The lowest BCUT2D eigenvalue weighted by Gasteiger charge is -2.23. The van der Waals surface area contributed by atoms with Gasteiger partial charge in [0.05, 0.1) is 17.6 Å². The first kappa shape index (κ1) is 12.5. The summed E-state index contributed by atoms with van der Waals surface area (Å²) in [7, 11) is -3.10. The summed E-state index contributed by atoms with van der Waals surface area (Å²) in [5, 5.41) is 3.27. The number of hydrogen-bond donors (Lipinski definition) is 1. The van der Waals surface area contributed by atoms with Crippen molar-refractivity contribution in [1.29, 1.82) is 0 Å². The summed E-state index contributed by atoms with van der Waals surface area (Å²) in [6.45, 7) is 2.50. The van der Waals surface area contributed by atoms with Gasteiger partial charge in [0.1, 0.15) is 0 Å². The Balaban J connectivity index is 2.03. The van der Waals surface area contributed by atoms with Crippen LogP contribution in [0.3, 0.4) is 0 Å². The number of morpholine rings is 1. The maximum atomic E-state index is 11.3. The van der Waals surface area contributed by atoms with Crippen LogP contribution >= 0.6 is 0 Å². The van der Waals surface area contributed by atoms with Crippen LogP contribution in [0.4, 0.5) is 0 Å². The van der Waals surface area contributed by atoms with Crippen LogP contribution in [0.25, 0.3) is 0 Å². The lowest BCUT2D eigenvalue weighted by atomic mass is 10.1. The van der Waals surface area contributed by atoms with Gasteiger partial charge in [-0.1, -0.05) is 12.1 Å². The van der Waals surface area contributed by atoms with E-state index in [-0.39, 0.29) is 6.10 Å². The van der Waals surface area contributed by atoms with Crippen LogP contribution in [0.1, 0.15) is 5.56 Å². The van der Waals surface area contributed by atoms with Crippen LogP contribution in [-0.4, -0.2) is 40.5 Å². The zero-order valence-electron chi connectivity index (χ0n) is 9.85. The van der Waals surface area contributed by atoms with Gasteiger partial charge in [0.25, 0.3) is 0 Å². The van der Waals surface area contributed by atoms with Crippen LogP contribution < -0.4 is 5.32 Å². The van der Waals surface area contributed by atoms with E-state index in [0.717, 1.165) is 31.7 Å². The Kier molecular flexibility index (Phi) is 3.81. The highest BCUT2D eigenvalue weighted by molar-refractivity contribution is 7.90. The van der Waals surface area contributed by atoms with Crippen molar-refractivity contribution in [3.05, 3.63) is 29.8 Å². The highest BCUT2D eigenvalue weighted by Gasteiger charge is 2.14. The number of sulfone groups is 1. The largest absolute Gasteiger partial charge is 0.375 e. The minimum atomic E-state index is -3.10. The average molecular weight is 255 g/mol. The summed E-state index contributed by atoms with van der Waals surface area (Å²) in [6.07, 6.45) is 2.22. The van der Waals surface area contributed by atoms with E-state index in [2.05, 4.69) is 5.32 Å². The molecule has 2 rings (SSSR count). The molecule has 4 nitrogen and oxygen atoms in total. The Morgan fingerprint density at radius 2 is 2.06 bits per heavy atom. The third kappa shape index (κ3) is 3.52. The Bertz CT molecular complexity index is 461. The summed E-state index contributed by atoms with van der Waals surface area (Å²) in [5.41, 5.74) is 1.10. The van der Waals surface area contributed by atoms with Gasteiger partial charge in [0.2, 0.25) is 0 Å². The van der Waals surface area contributed by atoms with Gasteiger partial charge in [0, 0.05) is 19.3 Å². The number of rotatable bonds is 3. The fourth-order valence-electron chi connectivity index (χ4n) is 1.89. The van der Waals surface area contributed by atoms with Crippen molar-refractivity contribution in [2.45, 2.75) is 17.4 Å². The van der Waals surface area contributed by atoms with E-state index in [4.69, 9.17) is 4.74 Å². The summed E-state index contributed by atoms with van der Waals surface area (Å²) in [4.78, 5) is 0.365. The normalized spacial score (nSPS) is 21.4. The molecule has 1 aromatic rings. The Morgan fingerprint density at radius 1 is 1.35 bits per heavy atom. The van der Waals surface area contributed by atoms with Gasteiger partial charge in [-0.2, -0.15) is 0 Å². The van der Waals surface area contributed by atoms with Crippen molar-refractivity contribution in [2.75, 3.05) is 26.0 Å². The van der Waals surface area contributed by atoms with Crippen molar-refractivity contribution < 1.29 is 13.2 Å². The Morgan fingerprint density at radius 3 is 2.59 bits per heavy atom. The average Bonchev–Trinajstić information content (AvgIpc) is 2.30. The quantitative estimate of drug-likeness (QED) is 0.860. The smallest absolute Gasteiger partial charge is 0.175 e. The first-order valence-electron chi connectivity index (χ1n) is 5.67. The molecule has 1 unspecified atom stereocenters. The molecule has 1 heterocycles. The molecule has 0 spiro atoms. The molecular weight excluding hydrogens is 238 g/mol. The Hall–Kier alpha value is -0.910. The molecule has 1 aliphatic heterocycles. The topological polar surface area (TPSA) is 55.4 Å². The molecule has 0 saturated carbocycles. The van der Waals surface area contributed by atoms with Gasteiger partial charge < -0.3 is 10.1 Å². The molecule has 1 atom stereocenters. The Labute approximate surface area is 102 Å². The molecule has 0 bridgehead atoms. The number of hydrogen-bond acceptors (Lipinski definition) is 4. The number of benzene rings is 1. The van der Waals surface area contributed by atoms with Gasteiger partial charge in [0.15, 0.2) is 9.84 Å². The molecule has 1 fully saturated rings. The highest BCUT2D eigenvalue weighted by Crippen LogP contribution is 2.13. The third-order valence-electron chi connectivity index (χ3n) is 2.82. The van der Waals surface area contributed by atoms with Gasteiger partial charge in [-0.25, -0.2) is 8.42 Å². The number of nitrogens with one attached hydrogen (secondary N) is 1. The summed E-state index contributed by atoms with van der Waals surface area (Å²) >= 11 is 0. The van der Waals surface area contributed by atoms with Crippen LogP contribution in [0.5, 0.6) is 0 Å². The van der Waals surface area contributed by atoms with Crippen molar-refractivity contribution in [1.82, 2.24) is 5.32 Å². The minimum absolute atomic E-state index is 0.188. The second kappa shape index (κ2) is 5.16. The van der Waals surface area contributed by atoms with Gasteiger partial charge in [-0.3, -0.25) is 0 Å². The molecular formula is C12H17NO3S. The first-order valence-corrected chi connectivity index (χ1v) is 7.56. The molecule has 0 radical (unpaired) electrons. The maximum Gasteiger partial charge on any atom is 0.175 e. The first-order chi connectivity index (χ1) is 8.05. The van der Waals surface area contributed by atoms with Crippen LogP contribution in [0.15, 0.2) is 29.2 Å². The van der Waals surface area contributed by atoms with E-state index in [0.29, 0.717) is 4.90 Å². The molecule has 94 valence electrons. The molecule has 1 N–H and O–H groups in total. The van der Waals surface area contributed by atoms with Crippen LogP contribution in [-0.2, 0) is 21.0 Å². The van der Waals surface area contributed by atoms with E-state index in [1.165, 1.54) is 6.26 Å². The maximum absolute atomic E-state index is 11.3. The summed E-state index contributed by atoms with van der Waals surface area (Å²) < 4.78 is 28.2. The fraction of sp³-hybridized carbons (Fsp3) is 0.500. The monoisotopic (exact) mass is 255 g/mol.